The van der Waals surface area contributed by atoms with Gasteiger partial charge >= 0.3 is 0 Å². The first-order chi connectivity index (χ1) is 12.4. The second-order valence-corrected chi connectivity index (χ2v) is 6.99. The minimum absolute atomic E-state index is 0.0204. The molecule has 6 nitrogen and oxygen atoms in total. The van der Waals surface area contributed by atoms with Gasteiger partial charge in [0.25, 0.3) is 5.91 Å². The lowest BCUT2D eigenvalue weighted by atomic mass is 10.2. The number of halogens is 3. The molecule has 134 valence electrons. The van der Waals surface area contributed by atoms with E-state index in [0.717, 1.165) is 23.5 Å². The Bertz CT molecular complexity index is 937. The molecule has 0 saturated carbocycles. The van der Waals surface area contributed by atoms with E-state index in [-0.39, 0.29) is 21.4 Å². The molecular weight excluding hydrogens is 479 g/mol. The molecule has 26 heavy (non-hydrogen) atoms. The Morgan fingerprint density at radius 3 is 2.62 bits per heavy atom. The van der Waals surface area contributed by atoms with E-state index in [1.165, 1.54) is 12.3 Å². The largest absolute Gasteiger partial charge is 0.459 e. The molecule has 2 amide bonds. The molecule has 0 aliphatic carbocycles. The van der Waals surface area contributed by atoms with Crippen LogP contribution in [-0.4, -0.2) is 16.8 Å². The third kappa shape index (κ3) is 4.43. The van der Waals surface area contributed by atoms with Crippen molar-refractivity contribution in [1.29, 1.82) is 0 Å². The Labute approximate surface area is 163 Å². The number of aromatic nitrogens is 1. The molecule has 0 atom stereocenters. The smallest absolute Gasteiger partial charge is 0.293 e. The number of nitrogens with one attached hydrogen (secondary N) is 2. The van der Waals surface area contributed by atoms with Crippen molar-refractivity contribution in [2.24, 2.45) is 0 Å². The highest BCUT2D eigenvalue weighted by Gasteiger charge is 2.14. The van der Waals surface area contributed by atoms with Gasteiger partial charge in [-0.3, -0.25) is 14.9 Å². The number of amides is 2. The number of thiazole rings is 1. The van der Waals surface area contributed by atoms with Gasteiger partial charge in [0.2, 0.25) is 5.91 Å². The van der Waals surface area contributed by atoms with Crippen molar-refractivity contribution in [3.8, 4) is 0 Å². The second-order valence-electron chi connectivity index (χ2n) is 5.05. The van der Waals surface area contributed by atoms with E-state index in [9.17, 15) is 18.4 Å². The number of carbonyl (C=O) groups is 2. The fourth-order valence-corrected chi connectivity index (χ4v) is 3.03. The Morgan fingerprint density at radius 2 is 1.96 bits per heavy atom. The van der Waals surface area contributed by atoms with Gasteiger partial charge in [0.1, 0.15) is 11.6 Å². The Morgan fingerprint density at radius 1 is 1.23 bits per heavy atom. The third-order valence-corrected chi connectivity index (χ3v) is 4.96. The molecule has 10 heteroatoms. The van der Waals surface area contributed by atoms with Gasteiger partial charge in [-0.2, -0.15) is 0 Å². The van der Waals surface area contributed by atoms with Crippen molar-refractivity contribution >= 4 is 56.6 Å². The number of anilines is 2. The number of rotatable bonds is 5. The van der Waals surface area contributed by atoms with Crippen LogP contribution < -0.4 is 10.6 Å². The van der Waals surface area contributed by atoms with E-state index in [1.54, 1.807) is 34.0 Å². The summed E-state index contributed by atoms with van der Waals surface area (Å²) in [5.74, 6) is -2.30. The molecule has 0 fully saturated rings. The predicted octanol–water partition coefficient (Wildman–Crippen LogP) is 4.05. The second kappa shape index (κ2) is 7.91. The van der Waals surface area contributed by atoms with E-state index in [4.69, 9.17) is 4.42 Å². The fraction of sp³-hybridized carbons (Fsp3) is 0.0625. The van der Waals surface area contributed by atoms with Crippen molar-refractivity contribution in [2.45, 2.75) is 6.42 Å². The Balaban J connectivity index is 1.60. The van der Waals surface area contributed by atoms with Crippen LogP contribution in [0.15, 0.2) is 40.3 Å². The average Bonchev–Trinajstić information content (AvgIpc) is 3.24. The van der Waals surface area contributed by atoms with Crippen LogP contribution in [0.3, 0.4) is 0 Å². The van der Waals surface area contributed by atoms with Gasteiger partial charge in [0.15, 0.2) is 10.9 Å². The minimum Gasteiger partial charge on any atom is -0.459 e. The van der Waals surface area contributed by atoms with Crippen molar-refractivity contribution in [3.63, 3.8) is 0 Å². The zero-order valence-corrected chi connectivity index (χ0v) is 15.9. The monoisotopic (exact) mass is 489 g/mol. The number of furan rings is 1. The lowest BCUT2D eigenvalue weighted by Gasteiger charge is -2.06. The van der Waals surface area contributed by atoms with Crippen molar-refractivity contribution in [3.05, 3.63) is 62.6 Å². The van der Waals surface area contributed by atoms with Crippen LogP contribution in [-0.2, 0) is 11.2 Å². The number of carbonyl (C=O) groups excluding carboxylic acids is 2. The van der Waals surface area contributed by atoms with Crippen LogP contribution in [0.5, 0.6) is 0 Å². The van der Waals surface area contributed by atoms with Crippen LogP contribution in [0.1, 0.15) is 16.2 Å². The molecule has 0 bridgehead atoms. The van der Waals surface area contributed by atoms with Gasteiger partial charge in [-0.1, -0.05) is 0 Å². The van der Waals surface area contributed by atoms with E-state index in [2.05, 4.69) is 15.6 Å². The number of hydrogen-bond donors (Lipinski definition) is 2. The zero-order chi connectivity index (χ0) is 18.7. The highest BCUT2D eigenvalue weighted by molar-refractivity contribution is 14.1. The number of nitrogens with zero attached hydrogens (tertiary/aromatic N) is 1. The Hall–Kier alpha value is -2.34. The summed E-state index contributed by atoms with van der Waals surface area (Å²) < 4.78 is 31.8. The predicted molar refractivity (Wildman–Crippen MR) is 100 cm³/mol. The van der Waals surface area contributed by atoms with Gasteiger partial charge in [-0.05, 0) is 46.9 Å². The molecule has 3 aromatic rings. The molecule has 2 N–H and O–H groups in total. The lowest BCUT2D eigenvalue weighted by Crippen LogP contribution is -2.15. The maximum absolute atomic E-state index is 13.5. The summed E-state index contributed by atoms with van der Waals surface area (Å²) in [6.07, 6.45) is 1.27. The molecule has 0 aliphatic rings. The fourth-order valence-electron chi connectivity index (χ4n) is 2.01. The van der Waals surface area contributed by atoms with Gasteiger partial charge in [0.05, 0.1) is 21.9 Å². The Kier molecular flexibility index (Phi) is 5.61. The summed E-state index contributed by atoms with van der Waals surface area (Å²) in [5.41, 5.74) is 0.431. The zero-order valence-electron chi connectivity index (χ0n) is 12.9. The van der Waals surface area contributed by atoms with E-state index >= 15 is 0 Å². The van der Waals surface area contributed by atoms with E-state index < -0.39 is 23.4 Å². The highest BCUT2D eigenvalue weighted by Crippen LogP contribution is 2.21. The molecule has 0 radical (unpaired) electrons. The van der Waals surface area contributed by atoms with Gasteiger partial charge < -0.3 is 9.73 Å². The van der Waals surface area contributed by atoms with Crippen molar-refractivity contribution in [2.75, 3.05) is 10.6 Å². The minimum atomic E-state index is -0.752. The molecule has 0 spiro atoms. The average molecular weight is 489 g/mol. The quantitative estimate of drug-likeness (QED) is 0.419. The van der Waals surface area contributed by atoms with E-state index in [1.807, 2.05) is 0 Å². The molecular formula is C16H10F2IN3O3S. The van der Waals surface area contributed by atoms with Gasteiger partial charge in [-0.15, -0.1) is 11.3 Å². The summed E-state index contributed by atoms with van der Waals surface area (Å²) in [7, 11) is 0. The standard InChI is InChI=1S/C16H10F2IN3O3S/c17-10-4-8(5-11(18)14(10)19)20-13(23)6-9-7-26-16(21-9)22-15(24)12-2-1-3-25-12/h1-5,7H,6H2,(H,20,23)(H,21,22,24). The van der Waals surface area contributed by atoms with Crippen LogP contribution in [0, 0.1) is 15.2 Å². The highest BCUT2D eigenvalue weighted by atomic mass is 127. The first-order valence-corrected chi connectivity index (χ1v) is 9.12. The molecule has 2 heterocycles. The third-order valence-electron chi connectivity index (χ3n) is 3.13. The molecule has 0 aliphatic heterocycles. The van der Waals surface area contributed by atoms with Crippen LogP contribution >= 0.6 is 33.9 Å². The SMILES string of the molecule is O=C(Cc1csc(NC(=O)c2ccco2)n1)Nc1cc(F)c(I)c(F)c1. The lowest BCUT2D eigenvalue weighted by molar-refractivity contribution is -0.115. The van der Waals surface area contributed by atoms with Crippen LogP contribution in [0.2, 0.25) is 0 Å². The normalized spacial score (nSPS) is 10.6. The number of hydrogen-bond acceptors (Lipinski definition) is 5. The van der Waals surface area contributed by atoms with E-state index in [0.29, 0.717) is 10.8 Å². The number of benzene rings is 1. The van der Waals surface area contributed by atoms with Crippen LogP contribution in [0.4, 0.5) is 19.6 Å². The van der Waals surface area contributed by atoms with Crippen molar-refractivity contribution in [1.82, 2.24) is 4.98 Å². The maximum atomic E-state index is 13.5. The maximum Gasteiger partial charge on any atom is 0.293 e. The van der Waals surface area contributed by atoms with Crippen molar-refractivity contribution < 1.29 is 22.8 Å². The topological polar surface area (TPSA) is 84.2 Å². The first-order valence-electron chi connectivity index (χ1n) is 7.16. The first kappa shape index (κ1) is 18.5. The molecule has 3 rings (SSSR count). The van der Waals surface area contributed by atoms with Crippen LogP contribution in [0.25, 0.3) is 0 Å². The molecule has 0 unspecified atom stereocenters. The summed E-state index contributed by atoms with van der Waals surface area (Å²) in [6, 6.07) is 5.18. The molecule has 0 saturated heterocycles. The molecule has 1 aromatic carbocycles. The van der Waals surface area contributed by atoms with Gasteiger partial charge in [-0.25, -0.2) is 13.8 Å². The summed E-state index contributed by atoms with van der Waals surface area (Å²) >= 11 is 2.69. The summed E-state index contributed by atoms with van der Waals surface area (Å²) in [6.45, 7) is 0. The summed E-state index contributed by atoms with van der Waals surface area (Å²) in [5, 5.41) is 6.87. The summed E-state index contributed by atoms with van der Waals surface area (Å²) in [4.78, 5) is 28.0. The van der Waals surface area contributed by atoms with Gasteiger partial charge in [0, 0.05) is 11.1 Å². The molecule has 2 aromatic heterocycles.